The number of aryl methyl sites for hydroxylation is 2. The Bertz CT molecular complexity index is 487. The van der Waals surface area contributed by atoms with Crippen molar-refractivity contribution >= 4 is 17.2 Å². The van der Waals surface area contributed by atoms with E-state index >= 15 is 0 Å². The van der Waals surface area contributed by atoms with E-state index in [-0.39, 0.29) is 0 Å². The molecule has 3 N–H and O–H groups in total. The minimum atomic E-state index is -0.673. The monoisotopic (exact) mass is 234 g/mol. The number of nitrogen functional groups attached to an aromatic ring is 1. The maximum atomic E-state index is 10.3. The van der Waals surface area contributed by atoms with Crippen LogP contribution in [0.15, 0.2) is 23.7 Å². The Hall–Kier alpha value is -1.39. The molecule has 4 heteroatoms. The van der Waals surface area contributed by atoms with Gasteiger partial charge in [-0.2, -0.15) is 0 Å². The fourth-order valence-corrected chi connectivity index (χ4v) is 2.66. The molecule has 16 heavy (non-hydrogen) atoms. The predicted octanol–water partition coefficient (Wildman–Crippen LogP) is 2.42. The maximum Gasteiger partial charge on any atom is 0.129 e. The molecular weight excluding hydrogens is 220 g/mol. The molecule has 0 aliphatic rings. The summed E-state index contributed by atoms with van der Waals surface area (Å²) in [5, 5.41) is 12.3. The zero-order valence-corrected chi connectivity index (χ0v) is 10.1. The van der Waals surface area contributed by atoms with Crippen molar-refractivity contribution in [1.82, 2.24) is 4.98 Å². The van der Waals surface area contributed by atoms with Crippen LogP contribution < -0.4 is 5.73 Å². The van der Waals surface area contributed by atoms with Gasteiger partial charge in [-0.3, -0.25) is 0 Å². The molecular formula is C12H14N2OS. The van der Waals surface area contributed by atoms with Gasteiger partial charge in [-0.1, -0.05) is 0 Å². The first-order valence-electron chi connectivity index (χ1n) is 5.04. The van der Waals surface area contributed by atoms with E-state index in [4.69, 9.17) is 5.73 Å². The zero-order chi connectivity index (χ0) is 11.7. The van der Waals surface area contributed by atoms with Crippen molar-refractivity contribution < 1.29 is 5.11 Å². The zero-order valence-electron chi connectivity index (χ0n) is 9.27. The molecule has 0 bridgehead atoms. The summed E-state index contributed by atoms with van der Waals surface area (Å²) in [6.07, 6.45) is 0.982. The van der Waals surface area contributed by atoms with Gasteiger partial charge in [-0.15, -0.1) is 11.3 Å². The lowest BCUT2D eigenvalue weighted by atomic mass is 10.0. The average molecular weight is 234 g/mol. The van der Waals surface area contributed by atoms with Crippen molar-refractivity contribution in [2.24, 2.45) is 0 Å². The Kier molecular flexibility index (Phi) is 2.94. The van der Waals surface area contributed by atoms with Crippen molar-refractivity contribution in [3.63, 3.8) is 0 Å². The second kappa shape index (κ2) is 4.23. The van der Waals surface area contributed by atoms with Crippen molar-refractivity contribution in [2.45, 2.75) is 20.0 Å². The number of rotatable bonds is 2. The number of aromatic nitrogens is 1. The van der Waals surface area contributed by atoms with Gasteiger partial charge >= 0.3 is 0 Å². The number of pyridine rings is 1. The number of nitrogens with two attached hydrogens (primary N) is 1. The largest absolute Gasteiger partial charge is 0.383 e. The lowest BCUT2D eigenvalue weighted by Crippen LogP contribution is -2.07. The molecule has 0 saturated heterocycles. The molecule has 2 aromatic heterocycles. The van der Waals surface area contributed by atoms with E-state index in [0.717, 1.165) is 16.0 Å². The third-order valence-corrected chi connectivity index (χ3v) is 3.73. The molecule has 0 saturated carbocycles. The van der Waals surface area contributed by atoms with Crippen LogP contribution in [0.2, 0.25) is 0 Å². The molecule has 2 rings (SSSR count). The lowest BCUT2D eigenvalue weighted by molar-refractivity contribution is 0.223. The first-order valence-corrected chi connectivity index (χ1v) is 5.92. The first kappa shape index (κ1) is 11.1. The SMILES string of the molecule is Cc1ccsc1C(O)c1c(C)ccnc1N. The van der Waals surface area contributed by atoms with Gasteiger partial charge < -0.3 is 10.8 Å². The van der Waals surface area contributed by atoms with Crippen LogP contribution in [-0.2, 0) is 0 Å². The van der Waals surface area contributed by atoms with Gasteiger partial charge in [0.05, 0.1) is 0 Å². The molecule has 0 radical (unpaired) electrons. The van der Waals surface area contributed by atoms with Crippen molar-refractivity contribution in [1.29, 1.82) is 0 Å². The highest BCUT2D eigenvalue weighted by Gasteiger charge is 2.19. The number of anilines is 1. The molecule has 0 aliphatic heterocycles. The maximum absolute atomic E-state index is 10.3. The Balaban J connectivity index is 2.49. The van der Waals surface area contributed by atoms with Crippen LogP contribution in [0.3, 0.4) is 0 Å². The molecule has 3 nitrogen and oxygen atoms in total. The fourth-order valence-electron chi connectivity index (χ4n) is 1.74. The number of aliphatic hydroxyl groups is 1. The molecule has 1 unspecified atom stereocenters. The van der Waals surface area contributed by atoms with E-state index in [1.165, 1.54) is 11.3 Å². The van der Waals surface area contributed by atoms with E-state index in [1.807, 2.05) is 31.4 Å². The average Bonchev–Trinajstić information content (AvgIpc) is 2.64. The Morgan fingerprint density at radius 2 is 2.06 bits per heavy atom. The topological polar surface area (TPSA) is 59.1 Å². The van der Waals surface area contributed by atoms with Gasteiger partial charge in [0.25, 0.3) is 0 Å². The van der Waals surface area contributed by atoms with Gasteiger partial charge in [0, 0.05) is 16.6 Å². The third-order valence-electron chi connectivity index (χ3n) is 2.66. The van der Waals surface area contributed by atoms with Crippen molar-refractivity contribution in [3.05, 3.63) is 45.3 Å². The van der Waals surface area contributed by atoms with Crippen LogP contribution in [0.5, 0.6) is 0 Å². The summed E-state index contributed by atoms with van der Waals surface area (Å²) >= 11 is 1.54. The van der Waals surface area contributed by atoms with E-state index in [2.05, 4.69) is 4.98 Å². The van der Waals surface area contributed by atoms with Crippen molar-refractivity contribution in [3.8, 4) is 0 Å². The molecule has 2 aromatic rings. The smallest absolute Gasteiger partial charge is 0.129 e. The molecule has 2 heterocycles. The molecule has 0 aromatic carbocycles. The Morgan fingerprint density at radius 3 is 2.62 bits per heavy atom. The second-order valence-corrected chi connectivity index (χ2v) is 4.74. The second-order valence-electron chi connectivity index (χ2n) is 3.80. The fraction of sp³-hybridized carbons (Fsp3) is 0.250. The lowest BCUT2D eigenvalue weighted by Gasteiger charge is -2.14. The molecule has 0 aliphatic carbocycles. The van der Waals surface area contributed by atoms with E-state index in [9.17, 15) is 5.11 Å². The number of aliphatic hydroxyl groups excluding tert-OH is 1. The van der Waals surface area contributed by atoms with Gasteiger partial charge in [0.2, 0.25) is 0 Å². The van der Waals surface area contributed by atoms with E-state index in [1.54, 1.807) is 6.20 Å². The third kappa shape index (κ3) is 1.81. The molecule has 0 fully saturated rings. The quantitative estimate of drug-likeness (QED) is 0.839. The van der Waals surface area contributed by atoms with Crippen LogP contribution >= 0.6 is 11.3 Å². The van der Waals surface area contributed by atoms with Crippen LogP contribution in [0.4, 0.5) is 5.82 Å². The summed E-state index contributed by atoms with van der Waals surface area (Å²) in [5.74, 6) is 0.403. The minimum absolute atomic E-state index is 0.403. The summed E-state index contributed by atoms with van der Waals surface area (Å²) in [6.45, 7) is 3.91. The van der Waals surface area contributed by atoms with Gasteiger partial charge in [0.1, 0.15) is 11.9 Å². The Morgan fingerprint density at radius 1 is 1.31 bits per heavy atom. The predicted molar refractivity (Wildman–Crippen MR) is 66.5 cm³/mol. The first-order chi connectivity index (χ1) is 7.61. The van der Waals surface area contributed by atoms with Gasteiger partial charge in [0.15, 0.2) is 0 Å². The summed E-state index contributed by atoms with van der Waals surface area (Å²) in [7, 11) is 0. The molecule has 84 valence electrons. The summed E-state index contributed by atoms with van der Waals surface area (Å²) in [5.41, 5.74) is 8.58. The number of thiophene rings is 1. The van der Waals surface area contributed by atoms with E-state index in [0.29, 0.717) is 11.4 Å². The highest BCUT2D eigenvalue weighted by Crippen LogP contribution is 2.33. The molecule has 1 atom stereocenters. The van der Waals surface area contributed by atoms with Gasteiger partial charge in [-0.05, 0) is 42.5 Å². The highest BCUT2D eigenvalue weighted by molar-refractivity contribution is 7.10. The number of hydrogen-bond acceptors (Lipinski definition) is 4. The van der Waals surface area contributed by atoms with E-state index < -0.39 is 6.10 Å². The Labute approximate surface area is 98.6 Å². The van der Waals surface area contributed by atoms with Crippen LogP contribution in [-0.4, -0.2) is 10.1 Å². The van der Waals surface area contributed by atoms with Crippen LogP contribution in [0, 0.1) is 13.8 Å². The number of nitrogens with zero attached hydrogens (tertiary/aromatic N) is 1. The normalized spacial score (nSPS) is 12.7. The summed E-state index contributed by atoms with van der Waals surface area (Å²) in [6, 6.07) is 3.85. The van der Waals surface area contributed by atoms with Crippen LogP contribution in [0.25, 0.3) is 0 Å². The minimum Gasteiger partial charge on any atom is -0.383 e. The van der Waals surface area contributed by atoms with Crippen LogP contribution in [0.1, 0.15) is 27.7 Å². The summed E-state index contributed by atoms with van der Waals surface area (Å²) in [4.78, 5) is 4.96. The standard InChI is InChI=1S/C12H14N2OS/c1-7-3-5-14-12(13)9(7)10(15)11-8(2)4-6-16-11/h3-6,10,15H,1-2H3,(H2,13,14). The van der Waals surface area contributed by atoms with Crippen molar-refractivity contribution in [2.75, 3.05) is 5.73 Å². The summed E-state index contributed by atoms with van der Waals surface area (Å²) < 4.78 is 0. The molecule has 0 spiro atoms. The molecule has 0 amide bonds. The number of hydrogen-bond donors (Lipinski definition) is 2. The highest BCUT2D eigenvalue weighted by atomic mass is 32.1. The van der Waals surface area contributed by atoms with Gasteiger partial charge in [-0.25, -0.2) is 4.98 Å².